The van der Waals surface area contributed by atoms with E-state index in [2.05, 4.69) is 42.3 Å². The van der Waals surface area contributed by atoms with E-state index in [4.69, 9.17) is 27.9 Å². The average molecular weight is 658 g/mol. The van der Waals surface area contributed by atoms with Gasteiger partial charge in [-0.05, 0) is 71.6 Å². The van der Waals surface area contributed by atoms with E-state index in [-0.39, 0.29) is 22.4 Å². The zero-order chi connectivity index (χ0) is 32.1. The van der Waals surface area contributed by atoms with Crippen molar-refractivity contribution in [2.24, 2.45) is 5.41 Å². The summed E-state index contributed by atoms with van der Waals surface area (Å²) in [5.41, 5.74) is 4.01. The molecule has 4 atom stereocenters. The van der Waals surface area contributed by atoms with Crippen LogP contribution in [0, 0.1) is 11.2 Å². The maximum atomic E-state index is 16.1. The third-order valence-electron chi connectivity index (χ3n) is 11.0. The van der Waals surface area contributed by atoms with Gasteiger partial charge in [-0.15, -0.1) is 0 Å². The fourth-order valence-corrected chi connectivity index (χ4v) is 8.59. The smallest absolute Gasteiger partial charge is 0.324 e. The van der Waals surface area contributed by atoms with Crippen LogP contribution in [-0.4, -0.2) is 23.5 Å². The topological polar surface area (TPSA) is 41.6 Å². The van der Waals surface area contributed by atoms with Crippen molar-refractivity contribution in [2.75, 3.05) is 11.9 Å². The predicted octanol–water partition coefficient (Wildman–Crippen LogP) is 10.2. The van der Waals surface area contributed by atoms with Gasteiger partial charge in [-0.25, -0.2) is 4.39 Å². The summed E-state index contributed by atoms with van der Waals surface area (Å²) in [4.78, 5) is 17.2. The number of nitrogens with zero attached hydrogens (tertiary/aromatic N) is 1. The second kappa shape index (κ2) is 12.3. The lowest BCUT2D eigenvalue weighted by atomic mass is 9.62. The molecule has 1 saturated heterocycles. The highest BCUT2D eigenvalue weighted by Gasteiger charge is 2.59. The number of halogens is 3. The molecule has 4 aromatic carbocycles. The average Bonchev–Trinajstić information content (AvgIpc) is 3.07. The van der Waals surface area contributed by atoms with Crippen LogP contribution in [-0.2, 0) is 15.1 Å². The number of ether oxygens (including phenoxy) is 1. The number of cyclic esters (lactones) is 1. The number of carbonyl (C=O) groups excluding carboxylic acids is 1. The van der Waals surface area contributed by atoms with Crippen LogP contribution < -0.4 is 5.32 Å². The molecule has 7 heteroatoms. The van der Waals surface area contributed by atoms with Gasteiger partial charge in [0, 0.05) is 28.7 Å². The molecule has 4 nitrogen and oxygen atoms in total. The number of hydrogen-bond acceptors (Lipinski definition) is 4. The van der Waals surface area contributed by atoms with Crippen LogP contribution in [0.25, 0.3) is 0 Å². The van der Waals surface area contributed by atoms with Crippen LogP contribution in [0.5, 0.6) is 0 Å². The van der Waals surface area contributed by atoms with Crippen molar-refractivity contribution in [1.82, 2.24) is 4.90 Å². The molecule has 4 aromatic rings. The highest BCUT2D eigenvalue weighted by Crippen LogP contribution is 2.59. The lowest BCUT2D eigenvalue weighted by Gasteiger charge is -2.60. The first-order valence-electron chi connectivity index (χ1n) is 16.3. The maximum absolute atomic E-state index is 16.1. The van der Waals surface area contributed by atoms with E-state index in [1.807, 2.05) is 60.7 Å². The molecular weight excluding hydrogens is 618 g/mol. The first kappa shape index (κ1) is 31.2. The summed E-state index contributed by atoms with van der Waals surface area (Å²) in [6.45, 7) is 4.93. The number of carbonyl (C=O) groups is 1. The molecule has 7 rings (SSSR count). The summed E-state index contributed by atoms with van der Waals surface area (Å²) in [6, 6.07) is 30.3. The Morgan fingerprint density at radius 2 is 1.54 bits per heavy atom. The van der Waals surface area contributed by atoms with Gasteiger partial charge >= 0.3 is 5.97 Å². The number of rotatable bonds is 4. The number of esters is 1. The summed E-state index contributed by atoms with van der Waals surface area (Å²) in [5.74, 6) is -1.46. The van der Waals surface area contributed by atoms with E-state index < -0.39 is 29.4 Å². The van der Waals surface area contributed by atoms with Crippen molar-refractivity contribution >= 4 is 34.9 Å². The van der Waals surface area contributed by atoms with Crippen LogP contribution in [0.3, 0.4) is 0 Å². The van der Waals surface area contributed by atoms with E-state index >= 15 is 4.39 Å². The SMILES string of the molecule is CCC1(C)CCC2(CC1)c1ccc(Cl)cc1NC[C@@H](c1cccc(Cl)c1F)[C@@H]1C(=O)O[C@@H](c3ccccc3)[C@@H](c3ccccc3)N12. The van der Waals surface area contributed by atoms with Gasteiger partial charge in [0.1, 0.15) is 18.0 Å². The van der Waals surface area contributed by atoms with Crippen LogP contribution >= 0.6 is 23.2 Å². The number of morpholine rings is 1. The maximum Gasteiger partial charge on any atom is 0.324 e. The molecule has 0 bridgehead atoms. The van der Waals surface area contributed by atoms with Gasteiger partial charge in [-0.3, -0.25) is 9.69 Å². The van der Waals surface area contributed by atoms with Gasteiger partial charge < -0.3 is 10.1 Å². The minimum Gasteiger partial charge on any atom is -0.454 e. The molecule has 1 saturated carbocycles. The molecule has 46 heavy (non-hydrogen) atoms. The summed E-state index contributed by atoms with van der Waals surface area (Å²) >= 11 is 13.0. The number of fused-ring (bicyclic) bond motifs is 4. The fourth-order valence-electron chi connectivity index (χ4n) is 8.24. The standard InChI is InChI=1S/C39H39Cl2FN2O2/c1-3-38(2)19-21-39(22-20-38)30-18-17-27(40)23-32(30)43-24-29(28-15-10-16-31(41)33(28)42)35-37(45)46-36(26-13-8-5-9-14-26)34(44(35)39)25-11-6-4-7-12-25/h4-18,23,29,34-36,43H,3,19-22,24H2,1-2H3/t29-,34+,35+,36-,38?,39?/m0/s1. The molecule has 2 aliphatic heterocycles. The highest BCUT2D eigenvalue weighted by molar-refractivity contribution is 6.31. The first-order chi connectivity index (χ1) is 22.2. The Balaban J connectivity index is 1.54. The van der Waals surface area contributed by atoms with Gasteiger partial charge in [-0.1, -0.05) is 122 Å². The Hall–Kier alpha value is -3.38. The zero-order valence-electron chi connectivity index (χ0n) is 26.2. The molecule has 3 aliphatic rings. The van der Waals surface area contributed by atoms with Gasteiger partial charge in [0.05, 0.1) is 11.1 Å². The number of nitrogens with one attached hydrogen (secondary N) is 1. The van der Waals surface area contributed by atoms with Crippen LogP contribution in [0.15, 0.2) is 97.1 Å². The molecule has 0 aromatic heterocycles. The second-order valence-corrected chi connectivity index (χ2v) is 14.3. The Morgan fingerprint density at radius 3 is 2.22 bits per heavy atom. The monoisotopic (exact) mass is 656 g/mol. The van der Waals surface area contributed by atoms with E-state index in [0.717, 1.165) is 54.5 Å². The highest BCUT2D eigenvalue weighted by atomic mass is 35.5. The van der Waals surface area contributed by atoms with E-state index in [0.29, 0.717) is 17.1 Å². The Morgan fingerprint density at radius 1 is 0.870 bits per heavy atom. The van der Waals surface area contributed by atoms with Crippen molar-refractivity contribution < 1.29 is 13.9 Å². The van der Waals surface area contributed by atoms with Crippen molar-refractivity contribution in [3.63, 3.8) is 0 Å². The van der Waals surface area contributed by atoms with Gasteiger partial charge in [0.2, 0.25) is 0 Å². The van der Waals surface area contributed by atoms with Gasteiger partial charge in [0.25, 0.3) is 0 Å². The molecule has 1 N–H and O–H groups in total. The third-order valence-corrected chi connectivity index (χ3v) is 11.6. The molecule has 238 valence electrons. The minimum absolute atomic E-state index is 0.0339. The van der Waals surface area contributed by atoms with Crippen LogP contribution in [0.2, 0.25) is 10.0 Å². The van der Waals surface area contributed by atoms with E-state index in [1.165, 1.54) is 0 Å². The normalized spacial score (nSPS) is 29.5. The lowest BCUT2D eigenvalue weighted by Crippen LogP contribution is -2.64. The number of anilines is 1. The molecule has 0 amide bonds. The van der Waals surface area contributed by atoms with Crippen LogP contribution in [0.4, 0.5) is 10.1 Å². The summed E-state index contributed by atoms with van der Waals surface area (Å²) in [7, 11) is 0. The van der Waals surface area contributed by atoms with Gasteiger partial charge in [0.15, 0.2) is 0 Å². The number of hydrogen-bond donors (Lipinski definition) is 1. The van der Waals surface area contributed by atoms with Crippen molar-refractivity contribution in [3.05, 3.63) is 135 Å². The van der Waals surface area contributed by atoms with E-state index in [9.17, 15) is 4.79 Å². The van der Waals surface area contributed by atoms with Crippen molar-refractivity contribution in [1.29, 1.82) is 0 Å². The third kappa shape index (κ3) is 5.31. The summed E-state index contributed by atoms with van der Waals surface area (Å²) < 4.78 is 22.6. The largest absolute Gasteiger partial charge is 0.454 e. The molecule has 1 spiro atoms. The number of benzene rings is 4. The molecule has 0 radical (unpaired) electrons. The zero-order valence-corrected chi connectivity index (χ0v) is 27.7. The molecular formula is C39H39Cl2FN2O2. The summed E-state index contributed by atoms with van der Waals surface area (Å²) in [6.07, 6.45) is 4.12. The summed E-state index contributed by atoms with van der Waals surface area (Å²) in [5, 5.41) is 4.29. The van der Waals surface area contributed by atoms with Gasteiger partial charge in [-0.2, -0.15) is 0 Å². The Bertz CT molecular complexity index is 1720. The Kier molecular flexibility index (Phi) is 8.37. The molecule has 2 fully saturated rings. The Labute approximate surface area is 280 Å². The molecule has 0 unspecified atom stereocenters. The fraction of sp³-hybridized carbons (Fsp3) is 0.359. The lowest BCUT2D eigenvalue weighted by molar-refractivity contribution is -0.195. The van der Waals surface area contributed by atoms with Crippen LogP contribution in [0.1, 0.15) is 86.3 Å². The quantitative estimate of drug-likeness (QED) is 0.222. The van der Waals surface area contributed by atoms with E-state index in [1.54, 1.807) is 18.2 Å². The second-order valence-electron chi connectivity index (χ2n) is 13.5. The molecule has 1 aliphatic carbocycles. The van der Waals surface area contributed by atoms with Crippen molar-refractivity contribution in [2.45, 2.75) is 75.6 Å². The first-order valence-corrected chi connectivity index (χ1v) is 17.1. The minimum atomic E-state index is -0.791. The molecule has 2 heterocycles. The van der Waals surface area contributed by atoms with Crippen molar-refractivity contribution in [3.8, 4) is 0 Å². The predicted molar refractivity (Wildman–Crippen MR) is 183 cm³/mol.